The van der Waals surface area contributed by atoms with Gasteiger partial charge in [-0.1, -0.05) is 42.6 Å². The van der Waals surface area contributed by atoms with E-state index in [2.05, 4.69) is 42.2 Å². The highest BCUT2D eigenvalue weighted by atomic mass is 35.5. The Morgan fingerprint density at radius 2 is 1.98 bits per heavy atom. The summed E-state index contributed by atoms with van der Waals surface area (Å²) in [5.74, 6) is -4.36. The average Bonchev–Trinajstić information content (AvgIpc) is 3.82. The third-order valence-corrected chi connectivity index (χ3v) is 8.41. The van der Waals surface area contributed by atoms with Crippen molar-refractivity contribution in [1.29, 1.82) is 5.26 Å². The number of alkyl halides is 2. The molecule has 0 unspecified atom stereocenters. The summed E-state index contributed by atoms with van der Waals surface area (Å²) in [6, 6.07) is 10.5. The summed E-state index contributed by atoms with van der Waals surface area (Å²) in [6.45, 7) is -0.669. The predicted octanol–water partition coefficient (Wildman–Crippen LogP) is 4.81. The molecule has 4 heterocycles. The number of aromatic nitrogens is 6. The molecule has 4 aromatic rings. The van der Waals surface area contributed by atoms with E-state index in [0.29, 0.717) is 48.5 Å². The summed E-state index contributed by atoms with van der Waals surface area (Å²) in [4.78, 5) is 35.5. The van der Waals surface area contributed by atoms with E-state index >= 15 is 4.39 Å². The van der Waals surface area contributed by atoms with Gasteiger partial charge in [0, 0.05) is 35.9 Å². The van der Waals surface area contributed by atoms with Crippen molar-refractivity contribution >= 4 is 35.2 Å². The molecule has 2 amide bonds. The van der Waals surface area contributed by atoms with Gasteiger partial charge in [-0.05, 0) is 47.5 Å². The summed E-state index contributed by atoms with van der Waals surface area (Å²) in [7, 11) is 0. The van der Waals surface area contributed by atoms with Crippen molar-refractivity contribution in [2.24, 2.45) is 0 Å². The second-order valence-corrected chi connectivity index (χ2v) is 11.7. The number of carbonyl (C=O) groups excluding carboxylic acids is 2. The van der Waals surface area contributed by atoms with E-state index in [9.17, 15) is 23.6 Å². The molecule has 47 heavy (non-hydrogen) atoms. The Bertz CT molecular complexity index is 1870. The summed E-state index contributed by atoms with van der Waals surface area (Å²) in [6.07, 6.45) is 5.03. The molecule has 2 aromatic heterocycles. The molecule has 0 saturated carbocycles. The molecule has 0 spiro atoms. The normalized spacial score (nSPS) is 19.3. The van der Waals surface area contributed by atoms with Crippen molar-refractivity contribution in [2.45, 2.75) is 50.1 Å². The minimum atomic E-state index is -2.93. The number of nitrogens with one attached hydrogen (secondary N) is 3. The molecule has 0 radical (unpaired) electrons. The van der Waals surface area contributed by atoms with Gasteiger partial charge in [0.25, 0.3) is 5.92 Å². The molecule has 2 aliphatic rings. The van der Waals surface area contributed by atoms with Gasteiger partial charge in [-0.2, -0.15) is 9.94 Å². The molecule has 2 aliphatic heterocycles. The number of benzene rings is 2. The van der Waals surface area contributed by atoms with Crippen molar-refractivity contribution in [1.82, 2.24) is 40.4 Å². The number of amides is 2. The third kappa shape index (κ3) is 6.82. The zero-order chi connectivity index (χ0) is 33.1. The van der Waals surface area contributed by atoms with Crippen LogP contribution in [0.3, 0.4) is 0 Å². The van der Waals surface area contributed by atoms with Gasteiger partial charge >= 0.3 is 0 Å². The fourth-order valence-corrected chi connectivity index (χ4v) is 5.95. The van der Waals surface area contributed by atoms with Crippen LogP contribution in [0.4, 0.5) is 18.9 Å². The smallest absolute Gasteiger partial charge is 0.267 e. The van der Waals surface area contributed by atoms with Gasteiger partial charge in [0.05, 0.1) is 29.0 Å². The summed E-state index contributed by atoms with van der Waals surface area (Å²) in [5.41, 5.74) is 1.75. The third-order valence-electron chi connectivity index (χ3n) is 8.12. The molecule has 0 aliphatic carbocycles. The largest absolute Gasteiger partial charge is 0.373 e. The van der Waals surface area contributed by atoms with Crippen molar-refractivity contribution in [2.75, 3.05) is 18.4 Å². The topological polar surface area (TPSA) is 158 Å². The summed E-state index contributed by atoms with van der Waals surface area (Å²) in [5, 5.41) is 26.9. The lowest BCUT2D eigenvalue weighted by atomic mass is 10.0. The fraction of sp³-hybridized carbons (Fsp3) is 0.323. The van der Waals surface area contributed by atoms with Gasteiger partial charge in [-0.15, -0.1) is 5.10 Å². The number of anilines is 1. The number of halogens is 4. The Labute approximate surface area is 271 Å². The number of rotatable bonds is 5. The zero-order valence-electron chi connectivity index (χ0n) is 24.8. The van der Waals surface area contributed by atoms with Crippen LogP contribution < -0.4 is 10.6 Å². The van der Waals surface area contributed by atoms with E-state index in [1.165, 1.54) is 34.1 Å². The highest BCUT2D eigenvalue weighted by Crippen LogP contribution is 2.34. The maximum atomic E-state index is 15.0. The van der Waals surface area contributed by atoms with E-state index in [-0.39, 0.29) is 34.9 Å². The SMILES string of the molecule is N#Cc1nc2[nH]c1-c1ccccc1N[C@@H](C(=O)N1CCC(F)(F)C1)CCCC[C@@H]2NC(=O)/C=C/c1c(-n2cnnn2)ccc(Cl)c1F. The molecule has 2 aromatic carbocycles. The Balaban J connectivity index is 1.28. The molecule has 6 rings (SSSR count). The van der Waals surface area contributed by atoms with Crippen molar-refractivity contribution in [3.05, 3.63) is 76.7 Å². The maximum Gasteiger partial charge on any atom is 0.267 e. The van der Waals surface area contributed by atoms with Crippen molar-refractivity contribution in [3.63, 3.8) is 0 Å². The summed E-state index contributed by atoms with van der Waals surface area (Å²) >= 11 is 6.00. The van der Waals surface area contributed by atoms with Gasteiger partial charge in [-0.3, -0.25) is 9.59 Å². The quantitative estimate of drug-likeness (QED) is 0.257. The standard InChI is InChI=1S/C31H28ClF3N10O2/c32-20-10-11-25(45-17-37-42-43-45)19(27(20)33)9-12-26(46)39-22-7-3-4-8-23(30(47)44-14-13-31(34,35)16-44)38-21-6-2-1-5-18(21)28-24(15-36)40-29(22)41-28/h1-2,5-6,9-12,17,22-23,38H,3-4,7-8,13-14,16H2,(H,39,46)(H,40,41)/b12-9+/t22-,23+/m0/s1. The lowest BCUT2D eigenvalue weighted by Gasteiger charge is -2.26. The van der Waals surface area contributed by atoms with Crippen LogP contribution in [-0.2, 0) is 9.59 Å². The molecule has 1 fully saturated rings. The van der Waals surface area contributed by atoms with Gasteiger partial charge in [0.1, 0.15) is 24.3 Å². The summed E-state index contributed by atoms with van der Waals surface area (Å²) < 4.78 is 44.2. The average molecular weight is 665 g/mol. The van der Waals surface area contributed by atoms with E-state index in [1.807, 2.05) is 0 Å². The number of fused-ring (bicyclic) bond motifs is 4. The van der Waals surface area contributed by atoms with E-state index in [0.717, 1.165) is 6.08 Å². The second-order valence-electron chi connectivity index (χ2n) is 11.3. The van der Waals surface area contributed by atoms with Crippen molar-refractivity contribution in [3.8, 4) is 23.0 Å². The van der Waals surface area contributed by atoms with Crippen LogP contribution in [0, 0.1) is 17.1 Å². The highest BCUT2D eigenvalue weighted by molar-refractivity contribution is 6.31. The predicted molar refractivity (Wildman–Crippen MR) is 165 cm³/mol. The molecular weight excluding hydrogens is 637 g/mol. The number of imidazole rings is 1. The number of aromatic amines is 1. The first-order valence-electron chi connectivity index (χ1n) is 14.9. The molecule has 242 valence electrons. The molecule has 2 atom stereocenters. The lowest BCUT2D eigenvalue weighted by molar-refractivity contribution is -0.132. The Hall–Kier alpha value is -5.23. The number of H-pyrrole nitrogens is 1. The Morgan fingerprint density at radius 3 is 2.72 bits per heavy atom. The van der Waals surface area contributed by atoms with Gasteiger partial charge in [-0.25, -0.2) is 18.2 Å². The maximum absolute atomic E-state index is 15.0. The van der Waals surface area contributed by atoms with E-state index < -0.39 is 42.2 Å². The van der Waals surface area contributed by atoms with Crippen LogP contribution in [0.1, 0.15) is 55.2 Å². The lowest BCUT2D eigenvalue weighted by Crippen LogP contribution is -2.43. The molecule has 3 N–H and O–H groups in total. The van der Waals surface area contributed by atoms with Crippen molar-refractivity contribution < 1.29 is 22.8 Å². The van der Waals surface area contributed by atoms with Crippen LogP contribution in [0.15, 0.2) is 48.8 Å². The number of hydrogen-bond donors (Lipinski definition) is 3. The van der Waals surface area contributed by atoms with Crippen LogP contribution in [0.25, 0.3) is 23.0 Å². The molecule has 16 heteroatoms. The van der Waals surface area contributed by atoms with Crippen LogP contribution in [0.5, 0.6) is 0 Å². The van der Waals surface area contributed by atoms with E-state index in [4.69, 9.17) is 11.6 Å². The molecular formula is C31H28ClF3N10O2. The Kier molecular flexibility index (Phi) is 8.95. The number of para-hydroxylation sites is 1. The molecule has 2 bridgehead atoms. The van der Waals surface area contributed by atoms with Crippen LogP contribution >= 0.6 is 11.6 Å². The Morgan fingerprint density at radius 1 is 1.17 bits per heavy atom. The number of likely N-dealkylation sites (tertiary alicyclic amines) is 1. The first-order valence-corrected chi connectivity index (χ1v) is 15.2. The minimum Gasteiger partial charge on any atom is -0.373 e. The number of nitriles is 1. The fourth-order valence-electron chi connectivity index (χ4n) is 5.79. The number of hydrogen-bond acceptors (Lipinski definition) is 8. The first-order chi connectivity index (χ1) is 22.6. The number of tetrazole rings is 1. The molecule has 12 nitrogen and oxygen atoms in total. The van der Waals surface area contributed by atoms with Crippen LogP contribution in [0.2, 0.25) is 5.02 Å². The molecule has 1 saturated heterocycles. The monoisotopic (exact) mass is 664 g/mol. The van der Waals surface area contributed by atoms with Gasteiger partial charge < -0.3 is 20.5 Å². The highest BCUT2D eigenvalue weighted by Gasteiger charge is 2.42. The van der Waals surface area contributed by atoms with Gasteiger partial charge in [0.15, 0.2) is 11.5 Å². The zero-order valence-corrected chi connectivity index (χ0v) is 25.5. The second kappa shape index (κ2) is 13.2. The minimum absolute atomic E-state index is 0.0127. The first kappa shape index (κ1) is 31.7. The van der Waals surface area contributed by atoms with Gasteiger partial charge in [0.2, 0.25) is 11.8 Å². The van der Waals surface area contributed by atoms with Crippen LogP contribution in [-0.4, -0.2) is 71.9 Å². The number of carbonyl (C=O) groups is 2. The van der Waals surface area contributed by atoms with E-state index in [1.54, 1.807) is 24.3 Å². The number of nitrogens with zero attached hydrogens (tertiary/aromatic N) is 7.